The molecular formula is C23H29ClN2O4S. The molecule has 1 N–H and O–H groups in total. The number of hydrogen-bond acceptors (Lipinski definition) is 4. The van der Waals surface area contributed by atoms with Gasteiger partial charge in [-0.2, -0.15) is 0 Å². The molecule has 0 radical (unpaired) electrons. The predicted octanol–water partition coefficient (Wildman–Crippen LogP) is 4.40. The summed E-state index contributed by atoms with van der Waals surface area (Å²) < 4.78 is 31.3. The SMILES string of the molecule is COc1ccc2c(c1)CCC[C@H]2NC(=O)CCCN(c1cccc(Cl)c1C)S(C)(=O)=O. The van der Waals surface area contributed by atoms with Crippen LogP contribution in [0.1, 0.15) is 48.4 Å². The Hall–Kier alpha value is -2.25. The van der Waals surface area contributed by atoms with E-state index in [1.54, 1.807) is 32.2 Å². The number of methoxy groups -OCH3 is 1. The molecule has 2 aromatic rings. The number of carbonyl (C=O) groups is 1. The third-order valence-electron chi connectivity index (χ3n) is 5.67. The van der Waals surface area contributed by atoms with Gasteiger partial charge in [-0.05, 0) is 73.6 Å². The van der Waals surface area contributed by atoms with Gasteiger partial charge in [-0.25, -0.2) is 8.42 Å². The van der Waals surface area contributed by atoms with Crippen molar-refractivity contribution in [3.63, 3.8) is 0 Å². The van der Waals surface area contributed by atoms with Gasteiger partial charge in [-0.1, -0.05) is 23.7 Å². The molecular weight excluding hydrogens is 436 g/mol. The Morgan fingerprint density at radius 1 is 1.29 bits per heavy atom. The Kier molecular flexibility index (Phi) is 7.49. The number of benzene rings is 2. The van der Waals surface area contributed by atoms with Gasteiger partial charge in [0, 0.05) is 18.0 Å². The maximum absolute atomic E-state index is 12.6. The van der Waals surface area contributed by atoms with Gasteiger partial charge in [-0.15, -0.1) is 0 Å². The Balaban J connectivity index is 1.63. The van der Waals surface area contributed by atoms with Gasteiger partial charge in [0.1, 0.15) is 5.75 Å². The van der Waals surface area contributed by atoms with E-state index in [9.17, 15) is 13.2 Å². The van der Waals surface area contributed by atoms with E-state index in [2.05, 4.69) is 5.32 Å². The zero-order valence-electron chi connectivity index (χ0n) is 18.2. The van der Waals surface area contributed by atoms with E-state index in [1.165, 1.54) is 16.1 Å². The largest absolute Gasteiger partial charge is 0.497 e. The number of carbonyl (C=O) groups excluding carboxylic acids is 1. The summed E-state index contributed by atoms with van der Waals surface area (Å²) in [5, 5.41) is 3.63. The molecule has 3 rings (SSSR count). The smallest absolute Gasteiger partial charge is 0.232 e. The average molecular weight is 465 g/mol. The van der Waals surface area contributed by atoms with Crippen molar-refractivity contribution in [1.29, 1.82) is 0 Å². The molecule has 0 saturated heterocycles. The summed E-state index contributed by atoms with van der Waals surface area (Å²) in [4.78, 5) is 12.6. The molecule has 0 aromatic heterocycles. The minimum atomic E-state index is -3.50. The molecule has 2 aromatic carbocycles. The van der Waals surface area contributed by atoms with Crippen LogP contribution in [0, 0.1) is 6.92 Å². The second kappa shape index (κ2) is 9.92. The highest BCUT2D eigenvalue weighted by atomic mass is 35.5. The predicted molar refractivity (Wildman–Crippen MR) is 124 cm³/mol. The first-order valence-electron chi connectivity index (χ1n) is 10.4. The summed E-state index contributed by atoms with van der Waals surface area (Å²) >= 11 is 6.17. The lowest BCUT2D eigenvalue weighted by Gasteiger charge is -2.27. The molecule has 0 fully saturated rings. The fourth-order valence-electron chi connectivity index (χ4n) is 4.05. The van der Waals surface area contributed by atoms with Crippen LogP contribution in [0.25, 0.3) is 0 Å². The lowest BCUT2D eigenvalue weighted by atomic mass is 9.87. The van der Waals surface area contributed by atoms with Crippen LogP contribution >= 0.6 is 11.6 Å². The summed E-state index contributed by atoms with van der Waals surface area (Å²) in [5.74, 6) is 0.743. The summed E-state index contributed by atoms with van der Waals surface area (Å²) in [7, 11) is -1.85. The molecule has 1 amide bonds. The lowest BCUT2D eigenvalue weighted by molar-refractivity contribution is -0.122. The number of ether oxygens (including phenoxy) is 1. The maximum atomic E-state index is 12.6. The Morgan fingerprint density at radius 2 is 2.06 bits per heavy atom. The van der Waals surface area contributed by atoms with Crippen molar-refractivity contribution in [1.82, 2.24) is 5.32 Å². The minimum Gasteiger partial charge on any atom is -0.497 e. The summed E-state index contributed by atoms with van der Waals surface area (Å²) in [5.41, 5.74) is 3.59. The molecule has 168 valence electrons. The Bertz CT molecular complexity index is 1060. The molecule has 0 aliphatic heterocycles. The summed E-state index contributed by atoms with van der Waals surface area (Å²) in [6.45, 7) is 2.00. The minimum absolute atomic E-state index is 0.0247. The van der Waals surface area contributed by atoms with Gasteiger partial charge in [0.25, 0.3) is 0 Å². The van der Waals surface area contributed by atoms with E-state index in [0.717, 1.165) is 30.6 Å². The monoisotopic (exact) mass is 464 g/mol. The zero-order valence-corrected chi connectivity index (χ0v) is 19.7. The molecule has 1 aliphatic rings. The molecule has 0 unspecified atom stereocenters. The first kappa shape index (κ1) is 23.4. The van der Waals surface area contributed by atoms with Crippen LogP contribution in [0.15, 0.2) is 36.4 Å². The van der Waals surface area contributed by atoms with Gasteiger partial charge in [0.15, 0.2) is 0 Å². The van der Waals surface area contributed by atoms with E-state index >= 15 is 0 Å². The Morgan fingerprint density at radius 3 is 2.77 bits per heavy atom. The van der Waals surface area contributed by atoms with Crippen LogP contribution in [0.5, 0.6) is 5.75 Å². The quantitative estimate of drug-likeness (QED) is 0.628. The van der Waals surface area contributed by atoms with Gasteiger partial charge in [0.05, 0.1) is 25.1 Å². The third-order valence-corrected chi connectivity index (χ3v) is 7.26. The molecule has 1 aliphatic carbocycles. The standard InChI is InChI=1S/C23H29ClN2O4S/c1-16-20(24)8-5-10-22(16)26(31(3,28)29)14-6-11-23(27)25-21-9-4-7-17-15-18(30-2)12-13-19(17)21/h5,8,10,12-13,15,21H,4,6-7,9,11,14H2,1-3H3,(H,25,27)/t21-/m1/s1. The number of amides is 1. The van der Waals surface area contributed by atoms with E-state index < -0.39 is 10.0 Å². The summed E-state index contributed by atoms with van der Waals surface area (Å²) in [6, 6.07) is 11.1. The number of sulfonamides is 1. The highest BCUT2D eigenvalue weighted by molar-refractivity contribution is 7.92. The van der Waals surface area contributed by atoms with Crippen molar-refractivity contribution < 1.29 is 17.9 Å². The van der Waals surface area contributed by atoms with Crippen LogP contribution in [0.3, 0.4) is 0 Å². The van der Waals surface area contributed by atoms with Crippen molar-refractivity contribution in [2.24, 2.45) is 0 Å². The van der Waals surface area contributed by atoms with Crippen LogP contribution in [0.4, 0.5) is 5.69 Å². The van der Waals surface area contributed by atoms with Gasteiger partial charge in [0.2, 0.25) is 15.9 Å². The van der Waals surface area contributed by atoms with E-state index in [-0.39, 0.29) is 24.9 Å². The first-order valence-corrected chi connectivity index (χ1v) is 12.6. The molecule has 0 heterocycles. The second-order valence-electron chi connectivity index (χ2n) is 7.90. The average Bonchev–Trinajstić information content (AvgIpc) is 2.72. The van der Waals surface area contributed by atoms with Gasteiger partial charge >= 0.3 is 0 Å². The molecule has 8 heteroatoms. The number of nitrogens with one attached hydrogen (secondary N) is 1. The number of fused-ring (bicyclic) bond motifs is 1. The maximum Gasteiger partial charge on any atom is 0.232 e. The van der Waals surface area contributed by atoms with Crippen molar-refractivity contribution in [2.75, 3.05) is 24.2 Å². The number of nitrogens with zero attached hydrogens (tertiary/aromatic N) is 1. The van der Waals surface area contributed by atoms with Crippen molar-refractivity contribution in [3.8, 4) is 5.75 Å². The molecule has 31 heavy (non-hydrogen) atoms. The first-order chi connectivity index (χ1) is 14.7. The zero-order chi connectivity index (χ0) is 22.6. The van der Waals surface area contributed by atoms with E-state index in [1.807, 2.05) is 18.2 Å². The second-order valence-corrected chi connectivity index (χ2v) is 10.2. The van der Waals surface area contributed by atoms with E-state index in [4.69, 9.17) is 16.3 Å². The van der Waals surface area contributed by atoms with Crippen LogP contribution in [0.2, 0.25) is 5.02 Å². The topological polar surface area (TPSA) is 75.7 Å². The van der Waals surface area contributed by atoms with Crippen molar-refractivity contribution >= 4 is 33.2 Å². The highest BCUT2D eigenvalue weighted by Crippen LogP contribution is 2.32. The number of hydrogen-bond donors (Lipinski definition) is 1. The molecule has 6 nitrogen and oxygen atoms in total. The molecule has 1 atom stereocenters. The number of aryl methyl sites for hydroxylation is 1. The fraction of sp³-hybridized carbons (Fsp3) is 0.435. The number of halogens is 1. The van der Waals surface area contributed by atoms with Crippen LogP contribution in [-0.2, 0) is 21.2 Å². The molecule has 0 spiro atoms. The van der Waals surface area contributed by atoms with Gasteiger partial charge < -0.3 is 10.1 Å². The number of anilines is 1. The lowest BCUT2D eigenvalue weighted by Crippen LogP contribution is -2.34. The van der Waals surface area contributed by atoms with Crippen molar-refractivity contribution in [2.45, 2.75) is 45.1 Å². The van der Waals surface area contributed by atoms with E-state index in [0.29, 0.717) is 22.7 Å². The molecule has 0 saturated carbocycles. The summed E-state index contributed by atoms with van der Waals surface area (Å²) in [6.07, 6.45) is 4.69. The van der Waals surface area contributed by atoms with Gasteiger partial charge in [-0.3, -0.25) is 9.10 Å². The fourth-order valence-corrected chi connectivity index (χ4v) is 5.23. The Labute approximate surface area is 189 Å². The molecule has 0 bridgehead atoms. The van der Waals surface area contributed by atoms with Crippen molar-refractivity contribution in [3.05, 3.63) is 58.1 Å². The third kappa shape index (κ3) is 5.71. The normalized spacial score (nSPS) is 15.8. The highest BCUT2D eigenvalue weighted by Gasteiger charge is 2.23. The van der Waals surface area contributed by atoms with Crippen LogP contribution < -0.4 is 14.4 Å². The van der Waals surface area contributed by atoms with Crippen LogP contribution in [-0.4, -0.2) is 34.2 Å². The number of rotatable bonds is 8.